The van der Waals surface area contributed by atoms with Crippen LogP contribution in [0.4, 0.5) is 4.79 Å². The van der Waals surface area contributed by atoms with Gasteiger partial charge in [0.2, 0.25) is 0 Å². The average Bonchev–Trinajstić information content (AvgIpc) is 3.21. The molecule has 2 aromatic heterocycles. The number of aromatic amines is 1. The van der Waals surface area contributed by atoms with Gasteiger partial charge in [0.1, 0.15) is 23.1 Å². The number of alkyl carbamates (subject to hydrolysis) is 1. The molecule has 10 heteroatoms. The Hall–Kier alpha value is -4.60. The van der Waals surface area contributed by atoms with Gasteiger partial charge < -0.3 is 20.1 Å². The summed E-state index contributed by atoms with van der Waals surface area (Å²) >= 11 is 0. The number of carbonyl (C=O) groups excluding carboxylic acids is 3. The molecule has 0 spiro atoms. The monoisotopic (exact) mass is 503 g/mol. The normalized spacial score (nSPS) is 12.2. The maximum Gasteiger partial charge on any atom is 0.408 e. The maximum atomic E-state index is 13.0. The minimum absolute atomic E-state index is 0.0760. The van der Waals surface area contributed by atoms with Crippen LogP contribution in [-0.4, -0.2) is 44.6 Å². The standard InChI is InChI=1S/C27H29N5O5/c1-15-23-19(18-7-5-6-8-20(18)29-23)14-22(28-15)25(35)32-31-24(34)21(30-26(36)37-27(2,3)4)13-16-9-11-17(33)12-10-16/h5-12,14,21,29,33H,13H2,1-4H3,(H,30,36)(H,31,34)(H,32,35)/t21-/m0/s1. The second-order valence-corrected chi connectivity index (χ2v) is 9.70. The predicted octanol–water partition coefficient (Wildman–Crippen LogP) is 3.63. The van der Waals surface area contributed by atoms with Crippen molar-refractivity contribution in [3.8, 4) is 5.75 Å². The van der Waals surface area contributed by atoms with Crippen molar-refractivity contribution in [3.05, 3.63) is 71.5 Å². The lowest BCUT2D eigenvalue weighted by molar-refractivity contribution is -0.124. The first-order chi connectivity index (χ1) is 17.5. The van der Waals surface area contributed by atoms with Gasteiger partial charge in [0, 0.05) is 22.7 Å². The van der Waals surface area contributed by atoms with E-state index in [1.165, 1.54) is 12.1 Å². The summed E-state index contributed by atoms with van der Waals surface area (Å²) in [5, 5.41) is 13.9. The van der Waals surface area contributed by atoms with Crippen LogP contribution in [0.25, 0.3) is 21.8 Å². The van der Waals surface area contributed by atoms with Crippen LogP contribution < -0.4 is 16.2 Å². The first kappa shape index (κ1) is 25.5. The van der Waals surface area contributed by atoms with Gasteiger partial charge in [-0.3, -0.25) is 20.4 Å². The molecule has 1 atom stereocenters. The summed E-state index contributed by atoms with van der Waals surface area (Å²) in [7, 11) is 0. The molecule has 0 bridgehead atoms. The molecule has 10 nitrogen and oxygen atoms in total. The van der Waals surface area contributed by atoms with E-state index in [1.807, 2.05) is 24.3 Å². The van der Waals surface area contributed by atoms with Gasteiger partial charge in [-0.25, -0.2) is 9.78 Å². The number of phenolic OH excluding ortho intramolecular Hbond substituents is 1. The highest BCUT2D eigenvalue weighted by atomic mass is 16.6. The number of aromatic nitrogens is 2. The third-order valence-corrected chi connectivity index (χ3v) is 5.59. The molecule has 0 aliphatic rings. The maximum absolute atomic E-state index is 13.0. The fourth-order valence-corrected chi connectivity index (χ4v) is 3.92. The molecule has 0 aliphatic heterocycles. The summed E-state index contributed by atoms with van der Waals surface area (Å²) in [6, 6.07) is 14.6. The SMILES string of the molecule is Cc1nc(C(=O)NNC(=O)[C@H](Cc2ccc(O)cc2)NC(=O)OC(C)(C)C)cc2c1[nH]c1ccccc12. The van der Waals surface area contributed by atoms with E-state index >= 15 is 0 Å². The van der Waals surface area contributed by atoms with Crippen molar-refractivity contribution in [3.63, 3.8) is 0 Å². The van der Waals surface area contributed by atoms with Crippen LogP contribution in [0.1, 0.15) is 42.5 Å². The molecule has 4 aromatic rings. The van der Waals surface area contributed by atoms with Gasteiger partial charge in [-0.2, -0.15) is 0 Å². The van der Waals surface area contributed by atoms with Crippen LogP contribution in [0.2, 0.25) is 0 Å². The van der Waals surface area contributed by atoms with Crippen LogP contribution in [0.15, 0.2) is 54.6 Å². The summed E-state index contributed by atoms with van der Waals surface area (Å²) in [6.45, 7) is 6.93. The fourth-order valence-electron chi connectivity index (χ4n) is 3.92. The molecule has 192 valence electrons. The number of rotatable bonds is 5. The number of hydrazine groups is 1. The number of amides is 3. The van der Waals surface area contributed by atoms with E-state index in [1.54, 1.807) is 45.9 Å². The summed E-state index contributed by atoms with van der Waals surface area (Å²) in [5.41, 5.74) is 7.21. The van der Waals surface area contributed by atoms with Gasteiger partial charge in [-0.15, -0.1) is 0 Å². The Morgan fingerprint density at radius 1 is 1.03 bits per heavy atom. The number of para-hydroxylation sites is 1. The largest absolute Gasteiger partial charge is 0.508 e. The Balaban J connectivity index is 1.50. The van der Waals surface area contributed by atoms with Crippen molar-refractivity contribution < 1.29 is 24.2 Å². The van der Waals surface area contributed by atoms with E-state index in [2.05, 4.69) is 26.1 Å². The first-order valence-corrected chi connectivity index (χ1v) is 11.8. The molecule has 4 rings (SSSR count). The zero-order valence-corrected chi connectivity index (χ0v) is 21.0. The zero-order valence-electron chi connectivity index (χ0n) is 21.0. The zero-order chi connectivity index (χ0) is 26.7. The van der Waals surface area contributed by atoms with Crippen LogP contribution in [0, 0.1) is 6.92 Å². The van der Waals surface area contributed by atoms with Crippen LogP contribution in [0.5, 0.6) is 5.75 Å². The van der Waals surface area contributed by atoms with Crippen molar-refractivity contribution in [2.75, 3.05) is 0 Å². The number of hydrogen-bond donors (Lipinski definition) is 5. The number of aryl methyl sites for hydroxylation is 1. The van der Waals surface area contributed by atoms with Crippen molar-refractivity contribution in [2.24, 2.45) is 0 Å². The number of carbonyl (C=O) groups is 3. The molecule has 0 unspecified atom stereocenters. The molecule has 0 radical (unpaired) electrons. The minimum Gasteiger partial charge on any atom is -0.508 e. The highest BCUT2D eigenvalue weighted by molar-refractivity contribution is 6.10. The van der Waals surface area contributed by atoms with Crippen LogP contribution >= 0.6 is 0 Å². The molecule has 0 fully saturated rings. The predicted molar refractivity (Wildman–Crippen MR) is 139 cm³/mol. The van der Waals surface area contributed by atoms with E-state index in [-0.39, 0.29) is 17.9 Å². The number of hydrogen-bond acceptors (Lipinski definition) is 6. The molecule has 2 heterocycles. The van der Waals surface area contributed by atoms with Crippen molar-refractivity contribution in [2.45, 2.75) is 45.8 Å². The minimum atomic E-state index is -1.06. The summed E-state index contributed by atoms with van der Waals surface area (Å²) in [5.74, 6) is -1.19. The second-order valence-electron chi connectivity index (χ2n) is 9.70. The smallest absolute Gasteiger partial charge is 0.408 e. The van der Waals surface area contributed by atoms with Crippen LogP contribution in [-0.2, 0) is 16.0 Å². The van der Waals surface area contributed by atoms with Crippen LogP contribution in [0.3, 0.4) is 0 Å². The van der Waals surface area contributed by atoms with Gasteiger partial charge in [-0.1, -0.05) is 30.3 Å². The number of ether oxygens (including phenoxy) is 1. The van der Waals surface area contributed by atoms with Gasteiger partial charge in [0.25, 0.3) is 11.8 Å². The van der Waals surface area contributed by atoms with E-state index in [9.17, 15) is 19.5 Å². The Morgan fingerprint density at radius 3 is 2.43 bits per heavy atom. The van der Waals surface area contributed by atoms with Crippen molar-refractivity contribution in [1.82, 2.24) is 26.1 Å². The third kappa shape index (κ3) is 6.16. The number of H-pyrrole nitrogens is 1. The first-order valence-electron chi connectivity index (χ1n) is 11.8. The fraction of sp³-hybridized carbons (Fsp3) is 0.259. The third-order valence-electron chi connectivity index (χ3n) is 5.59. The lowest BCUT2D eigenvalue weighted by Gasteiger charge is -2.23. The number of benzene rings is 2. The van der Waals surface area contributed by atoms with Gasteiger partial charge in [-0.05, 0) is 57.5 Å². The number of fused-ring (bicyclic) bond motifs is 3. The van der Waals surface area contributed by atoms with Crippen molar-refractivity contribution in [1.29, 1.82) is 0 Å². The quantitative estimate of drug-likeness (QED) is 0.263. The summed E-state index contributed by atoms with van der Waals surface area (Å²) in [6.07, 6.45) is -0.681. The molecule has 0 saturated heterocycles. The molecule has 37 heavy (non-hydrogen) atoms. The Kier molecular flexibility index (Phi) is 7.01. The number of aromatic hydroxyl groups is 1. The lowest BCUT2D eigenvalue weighted by atomic mass is 10.1. The number of nitrogens with one attached hydrogen (secondary N) is 4. The number of phenols is 1. The topological polar surface area (TPSA) is 145 Å². The Bertz CT molecular complexity index is 1470. The lowest BCUT2D eigenvalue weighted by Crippen LogP contribution is -2.53. The van der Waals surface area contributed by atoms with Gasteiger partial charge in [0.15, 0.2) is 0 Å². The molecular formula is C27H29N5O5. The molecule has 5 N–H and O–H groups in total. The molecule has 0 aliphatic carbocycles. The molecular weight excluding hydrogens is 474 g/mol. The highest BCUT2D eigenvalue weighted by Gasteiger charge is 2.25. The van der Waals surface area contributed by atoms with E-state index < -0.39 is 29.6 Å². The van der Waals surface area contributed by atoms with E-state index in [0.29, 0.717) is 11.3 Å². The second kappa shape index (κ2) is 10.2. The highest BCUT2D eigenvalue weighted by Crippen LogP contribution is 2.27. The summed E-state index contributed by atoms with van der Waals surface area (Å²) in [4.78, 5) is 45.9. The van der Waals surface area contributed by atoms with Gasteiger partial charge >= 0.3 is 6.09 Å². The van der Waals surface area contributed by atoms with Crippen molar-refractivity contribution >= 4 is 39.7 Å². The summed E-state index contributed by atoms with van der Waals surface area (Å²) < 4.78 is 5.28. The average molecular weight is 504 g/mol. The Morgan fingerprint density at radius 2 is 1.73 bits per heavy atom. The van der Waals surface area contributed by atoms with Gasteiger partial charge in [0.05, 0.1) is 11.2 Å². The van der Waals surface area contributed by atoms with E-state index in [0.717, 1.165) is 21.8 Å². The number of pyridine rings is 1. The molecule has 2 aromatic carbocycles. The Labute approximate surface area is 213 Å². The number of nitrogens with zero attached hydrogens (tertiary/aromatic N) is 1. The molecule has 3 amide bonds. The molecule has 0 saturated carbocycles. The van der Waals surface area contributed by atoms with E-state index in [4.69, 9.17) is 4.74 Å².